The van der Waals surface area contributed by atoms with Crippen LogP contribution in [0.4, 0.5) is 5.69 Å². The van der Waals surface area contributed by atoms with E-state index in [2.05, 4.69) is 6.07 Å². The van der Waals surface area contributed by atoms with Crippen LogP contribution >= 0.6 is 0 Å². The van der Waals surface area contributed by atoms with E-state index in [-0.39, 0.29) is 12.3 Å². The number of hydrogen-bond donors (Lipinski definition) is 1. The zero-order chi connectivity index (χ0) is 15.8. The lowest BCUT2D eigenvalue weighted by atomic mass is 10.1. The number of rotatable bonds is 7. The smallest absolute Gasteiger partial charge is 0.193 e. The first-order valence-corrected chi connectivity index (χ1v) is 7.16. The first kappa shape index (κ1) is 15.7. The topological polar surface area (TPSA) is 64.3 Å². The SMILES string of the molecule is N#CCCN(CC(O)C(=O)c1ccccc1)c1ccccc1. The molecule has 2 aromatic carbocycles. The van der Waals surface area contributed by atoms with Crippen LogP contribution in [0.1, 0.15) is 16.8 Å². The maximum absolute atomic E-state index is 12.2. The van der Waals surface area contributed by atoms with Gasteiger partial charge in [-0.25, -0.2) is 0 Å². The van der Waals surface area contributed by atoms with Gasteiger partial charge in [0.25, 0.3) is 0 Å². The standard InChI is InChI=1S/C18H18N2O2/c19-12-7-13-20(16-10-5-2-6-11-16)14-17(21)18(22)15-8-3-1-4-9-15/h1-6,8-11,17,21H,7,13-14H2. The van der Waals surface area contributed by atoms with E-state index in [0.717, 1.165) is 5.69 Å². The number of nitrogens with zero attached hydrogens (tertiary/aromatic N) is 2. The summed E-state index contributed by atoms with van der Waals surface area (Å²) in [6.45, 7) is 0.638. The van der Waals surface area contributed by atoms with Crippen molar-refractivity contribution in [1.82, 2.24) is 0 Å². The number of carbonyl (C=O) groups excluding carboxylic acids is 1. The quantitative estimate of drug-likeness (QED) is 0.797. The van der Waals surface area contributed by atoms with E-state index < -0.39 is 6.10 Å². The Morgan fingerprint density at radius 3 is 2.27 bits per heavy atom. The van der Waals surface area contributed by atoms with Crippen molar-refractivity contribution in [2.45, 2.75) is 12.5 Å². The van der Waals surface area contributed by atoms with Crippen LogP contribution in [0, 0.1) is 11.3 Å². The Bertz CT molecular complexity index is 635. The number of aliphatic hydroxyl groups is 1. The van der Waals surface area contributed by atoms with Crippen LogP contribution in [-0.4, -0.2) is 30.1 Å². The van der Waals surface area contributed by atoms with Gasteiger partial charge >= 0.3 is 0 Å². The van der Waals surface area contributed by atoms with Crippen LogP contribution in [0.2, 0.25) is 0 Å². The molecule has 0 aliphatic carbocycles. The minimum atomic E-state index is -1.12. The number of Topliss-reactive ketones (excluding diaryl/α,β-unsaturated/α-hetero) is 1. The summed E-state index contributed by atoms with van der Waals surface area (Å²) in [6.07, 6.45) is -0.789. The number of nitriles is 1. The van der Waals surface area contributed by atoms with Gasteiger partial charge in [0.2, 0.25) is 0 Å². The van der Waals surface area contributed by atoms with Crippen molar-refractivity contribution in [3.63, 3.8) is 0 Å². The Balaban J connectivity index is 2.10. The van der Waals surface area contributed by atoms with Crippen molar-refractivity contribution >= 4 is 11.5 Å². The van der Waals surface area contributed by atoms with Crippen molar-refractivity contribution < 1.29 is 9.90 Å². The third-order valence-electron chi connectivity index (χ3n) is 3.37. The number of benzene rings is 2. The van der Waals surface area contributed by atoms with Gasteiger partial charge in [-0.3, -0.25) is 4.79 Å². The minimum absolute atomic E-state index is 0.166. The second kappa shape index (κ2) is 7.96. The highest BCUT2D eigenvalue weighted by Gasteiger charge is 2.20. The maximum Gasteiger partial charge on any atom is 0.193 e. The van der Waals surface area contributed by atoms with Crippen LogP contribution in [0.3, 0.4) is 0 Å². The first-order valence-electron chi connectivity index (χ1n) is 7.16. The summed E-state index contributed by atoms with van der Waals surface area (Å²) in [7, 11) is 0. The third-order valence-corrected chi connectivity index (χ3v) is 3.37. The van der Waals surface area contributed by atoms with Gasteiger partial charge in [0, 0.05) is 17.8 Å². The predicted molar refractivity (Wildman–Crippen MR) is 85.7 cm³/mol. The normalized spacial score (nSPS) is 11.5. The minimum Gasteiger partial charge on any atom is -0.383 e. The molecule has 4 heteroatoms. The molecule has 2 rings (SSSR count). The maximum atomic E-state index is 12.2. The number of anilines is 1. The lowest BCUT2D eigenvalue weighted by Gasteiger charge is -2.26. The van der Waals surface area contributed by atoms with Crippen LogP contribution in [0.5, 0.6) is 0 Å². The summed E-state index contributed by atoms with van der Waals surface area (Å²) in [5.41, 5.74) is 1.38. The van der Waals surface area contributed by atoms with Gasteiger partial charge in [0.15, 0.2) is 5.78 Å². The van der Waals surface area contributed by atoms with Gasteiger partial charge in [-0.05, 0) is 12.1 Å². The number of aliphatic hydroxyl groups excluding tert-OH is 1. The van der Waals surface area contributed by atoms with Gasteiger partial charge in [-0.1, -0.05) is 48.5 Å². The molecule has 0 aromatic heterocycles. The fourth-order valence-electron chi connectivity index (χ4n) is 2.24. The highest BCUT2D eigenvalue weighted by Crippen LogP contribution is 2.15. The zero-order valence-electron chi connectivity index (χ0n) is 12.2. The van der Waals surface area contributed by atoms with E-state index in [1.807, 2.05) is 41.3 Å². The van der Waals surface area contributed by atoms with Gasteiger partial charge in [-0.2, -0.15) is 5.26 Å². The van der Waals surface area contributed by atoms with E-state index in [9.17, 15) is 9.90 Å². The van der Waals surface area contributed by atoms with Gasteiger partial charge in [0.05, 0.1) is 19.0 Å². The van der Waals surface area contributed by atoms with E-state index >= 15 is 0 Å². The second-order valence-electron chi connectivity index (χ2n) is 4.94. The Labute approximate surface area is 130 Å². The molecular formula is C18H18N2O2. The molecule has 0 fully saturated rings. The lowest BCUT2D eigenvalue weighted by molar-refractivity contribution is 0.0759. The fraction of sp³-hybridized carbons (Fsp3) is 0.222. The molecule has 1 N–H and O–H groups in total. The van der Waals surface area contributed by atoms with Crippen molar-refractivity contribution in [3.8, 4) is 6.07 Å². The van der Waals surface area contributed by atoms with Crippen LogP contribution in [0.15, 0.2) is 60.7 Å². The molecule has 0 heterocycles. The molecule has 0 saturated heterocycles. The number of hydrogen-bond acceptors (Lipinski definition) is 4. The van der Waals surface area contributed by atoms with Crippen molar-refractivity contribution in [2.75, 3.05) is 18.0 Å². The predicted octanol–water partition coefficient (Wildman–Crippen LogP) is 2.65. The largest absolute Gasteiger partial charge is 0.383 e. The molecule has 1 unspecified atom stereocenters. The number of ketones is 1. The molecule has 0 bridgehead atoms. The average Bonchev–Trinajstić information content (AvgIpc) is 2.59. The molecule has 2 aromatic rings. The van der Waals surface area contributed by atoms with Crippen LogP contribution in [0.25, 0.3) is 0 Å². The Kier molecular flexibility index (Phi) is 5.70. The molecule has 22 heavy (non-hydrogen) atoms. The second-order valence-corrected chi connectivity index (χ2v) is 4.94. The fourth-order valence-corrected chi connectivity index (χ4v) is 2.24. The van der Waals surface area contributed by atoms with Gasteiger partial charge < -0.3 is 10.0 Å². The Morgan fingerprint density at radius 2 is 1.68 bits per heavy atom. The molecule has 1 atom stereocenters. The highest BCUT2D eigenvalue weighted by atomic mass is 16.3. The van der Waals surface area contributed by atoms with Crippen LogP contribution in [-0.2, 0) is 0 Å². The van der Waals surface area contributed by atoms with Crippen molar-refractivity contribution in [2.24, 2.45) is 0 Å². The Morgan fingerprint density at radius 1 is 1.09 bits per heavy atom. The van der Waals surface area contributed by atoms with E-state index in [0.29, 0.717) is 18.5 Å². The molecule has 4 nitrogen and oxygen atoms in total. The monoisotopic (exact) mass is 294 g/mol. The summed E-state index contributed by atoms with van der Waals surface area (Å²) in [5.74, 6) is -0.307. The number of para-hydroxylation sites is 1. The average molecular weight is 294 g/mol. The molecule has 0 saturated carbocycles. The Hall–Kier alpha value is -2.64. The van der Waals surface area contributed by atoms with Crippen LogP contribution < -0.4 is 4.90 Å². The first-order chi connectivity index (χ1) is 10.7. The van der Waals surface area contributed by atoms with Crippen molar-refractivity contribution in [3.05, 3.63) is 66.2 Å². The molecule has 0 amide bonds. The summed E-state index contributed by atoms with van der Waals surface area (Å²) in [6, 6.07) is 20.3. The highest BCUT2D eigenvalue weighted by molar-refractivity contribution is 5.99. The van der Waals surface area contributed by atoms with E-state index in [1.54, 1.807) is 24.3 Å². The van der Waals surface area contributed by atoms with Gasteiger partial charge in [0.1, 0.15) is 6.10 Å². The zero-order valence-corrected chi connectivity index (χ0v) is 12.2. The van der Waals surface area contributed by atoms with Crippen molar-refractivity contribution in [1.29, 1.82) is 5.26 Å². The lowest BCUT2D eigenvalue weighted by Crippen LogP contribution is -2.37. The van der Waals surface area contributed by atoms with E-state index in [1.165, 1.54) is 0 Å². The summed E-state index contributed by atoms with van der Waals surface area (Å²) in [4.78, 5) is 14.1. The molecule has 0 aliphatic rings. The molecule has 0 radical (unpaired) electrons. The molecule has 0 spiro atoms. The molecule has 112 valence electrons. The summed E-state index contributed by atoms with van der Waals surface area (Å²) >= 11 is 0. The van der Waals surface area contributed by atoms with Gasteiger partial charge in [-0.15, -0.1) is 0 Å². The molecule has 0 aliphatic heterocycles. The third kappa shape index (κ3) is 4.18. The summed E-state index contributed by atoms with van der Waals surface area (Å²) < 4.78 is 0. The summed E-state index contributed by atoms with van der Waals surface area (Å²) in [5, 5.41) is 19.0. The van der Waals surface area contributed by atoms with E-state index in [4.69, 9.17) is 5.26 Å². The number of carbonyl (C=O) groups is 1. The molecular weight excluding hydrogens is 276 g/mol.